The molecule has 1 aromatic carbocycles. The van der Waals surface area contributed by atoms with Gasteiger partial charge in [-0.1, -0.05) is 17.7 Å². The van der Waals surface area contributed by atoms with Gasteiger partial charge in [0.25, 0.3) is 5.91 Å². The Bertz CT molecular complexity index is 967. The molecule has 1 amide bonds. The summed E-state index contributed by atoms with van der Waals surface area (Å²) in [6, 6.07) is 4.54. The SMILES string of the molecule is O=C(c1cccc(F)c1-n1nccn1)N1CCCC(Oc2ncc(Cl)cn2)C1. The number of carbonyl (C=O) groups is 1. The van der Waals surface area contributed by atoms with Gasteiger partial charge in [-0.3, -0.25) is 4.79 Å². The summed E-state index contributed by atoms with van der Waals surface area (Å²) in [5.41, 5.74) is 0.223. The zero-order chi connectivity index (χ0) is 19.5. The fourth-order valence-corrected chi connectivity index (χ4v) is 3.22. The number of likely N-dealkylation sites (tertiary alicyclic amines) is 1. The monoisotopic (exact) mass is 402 g/mol. The van der Waals surface area contributed by atoms with Crippen LogP contribution >= 0.6 is 11.6 Å². The summed E-state index contributed by atoms with van der Waals surface area (Å²) in [5.74, 6) is -0.876. The topological polar surface area (TPSA) is 86.0 Å². The number of hydrogen-bond acceptors (Lipinski definition) is 6. The van der Waals surface area contributed by atoms with Gasteiger partial charge in [-0.05, 0) is 25.0 Å². The molecule has 1 unspecified atom stereocenters. The van der Waals surface area contributed by atoms with Gasteiger partial charge in [0, 0.05) is 6.54 Å². The molecule has 1 saturated heterocycles. The number of amides is 1. The van der Waals surface area contributed by atoms with Crippen molar-refractivity contribution >= 4 is 17.5 Å². The third-order valence-corrected chi connectivity index (χ3v) is 4.57. The van der Waals surface area contributed by atoms with Crippen LogP contribution in [0.2, 0.25) is 5.02 Å². The largest absolute Gasteiger partial charge is 0.458 e. The van der Waals surface area contributed by atoms with Crippen molar-refractivity contribution < 1.29 is 13.9 Å². The number of benzene rings is 1. The van der Waals surface area contributed by atoms with Crippen LogP contribution in [0.25, 0.3) is 5.69 Å². The zero-order valence-corrected chi connectivity index (χ0v) is 15.5. The average molecular weight is 403 g/mol. The lowest BCUT2D eigenvalue weighted by atomic mass is 10.1. The van der Waals surface area contributed by atoms with Gasteiger partial charge < -0.3 is 9.64 Å². The minimum Gasteiger partial charge on any atom is -0.458 e. The highest BCUT2D eigenvalue weighted by atomic mass is 35.5. The summed E-state index contributed by atoms with van der Waals surface area (Å²) in [5, 5.41) is 8.33. The van der Waals surface area contributed by atoms with E-state index in [9.17, 15) is 9.18 Å². The first kappa shape index (κ1) is 18.3. The highest BCUT2D eigenvalue weighted by Crippen LogP contribution is 2.22. The Kier molecular flexibility index (Phi) is 5.16. The number of para-hydroxylation sites is 1. The highest BCUT2D eigenvalue weighted by molar-refractivity contribution is 6.30. The maximum atomic E-state index is 14.4. The van der Waals surface area contributed by atoms with E-state index in [4.69, 9.17) is 16.3 Å². The Morgan fingerprint density at radius 2 is 1.96 bits per heavy atom. The van der Waals surface area contributed by atoms with Gasteiger partial charge in [0.2, 0.25) is 0 Å². The average Bonchev–Trinajstić information content (AvgIpc) is 3.23. The fourth-order valence-electron chi connectivity index (χ4n) is 3.12. The first-order valence-electron chi connectivity index (χ1n) is 8.70. The lowest BCUT2D eigenvalue weighted by Crippen LogP contribution is -2.44. The molecule has 8 nitrogen and oxygen atoms in total. The van der Waals surface area contributed by atoms with Crippen LogP contribution in [0.3, 0.4) is 0 Å². The maximum Gasteiger partial charge on any atom is 0.316 e. The molecule has 1 aliphatic heterocycles. The fraction of sp³-hybridized carbons (Fsp3) is 0.278. The smallest absolute Gasteiger partial charge is 0.316 e. The van der Waals surface area contributed by atoms with Crippen LogP contribution in [-0.2, 0) is 0 Å². The van der Waals surface area contributed by atoms with Crippen LogP contribution in [0.15, 0.2) is 43.0 Å². The van der Waals surface area contributed by atoms with E-state index < -0.39 is 5.82 Å². The van der Waals surface area contributed by atoms with Crippen LogP contribution in [0.4, 0.5) is 4.39 Å². The minimum absolute atomic E-state index is 0.0292. The van der Waals surface area contributed by atoms with Gasteiger partial charge in [-0.15, -0.1) is 4.80 Å². The third kappa shape index (κ3) is 3.79. The molecule has 1 fully saturated rings. The Hall–Kier alpha value is -3.07. The zero-order valence-electron chi connectivity index (χ0n) is 14.7. The van der Waals surface area contributed by atoms with Crippen molar-refractivity contribution in [3.8, 4) is 11.7 Å². The first-order valence-corrected chi connectivity index (χ1v) is 9.08. The first-order chi connectivity index (χ1) is 13.6. The molecule has 1 aliphatic rings. The number of nitrogens with zero attached hydrogens (tertiary/aromatic N) is 6. The molecule has 4 rings (SSSR count). The second kappa shape index (κ2) is 7.89. The van der Waals surface area contributed by atoms with Crippen LogP contribution in [-0.4, -0.2) is 55.0 Å². The summed E-state index contributed by atoms with van der Waals surface area (Å²) >= 11 is 5.78. The van der Waals surface area contributed by atoms with Crippen LogP contribution in [0.5, 0.6) is 6.01 Å². The van der Waals surface area contributed by atoms with Gasteiger partial charge in [0.15, 0.2) is 5.82 Å². The summed E-state index contributed by atoms with van der Waals surface area (Å²) < 4.78 is 20.2. The molecule has 2 aromatic heterocycles. The molecule has 0 spiro atoms. The molecule has 10 heteroatoms. The Morgan fingerprint density at radius 1 is 1.21 bits per heavy atom. The van der Waals surface area contributed by atoms with E-state index in [0.29, 0.717) is 18.1 Å². The number of hydrogen-bond donors (Lipinski definition) is 0. The normalized spacial score (nSPS) is 16.8. The summed E-state index contributed by atoms with van der Waals surface area (Å²) in [6.45, 7) is 0.885. The second-order valence-corrected chi connectivity index (χ2v) is 6.71. The van der Waals surface area contributed by atoms with E-state index in [0.717, 1.165) is 17.6 Å². The van der Waals surface area contributed by atoms with Crippen molar-refractivity contribution in [2.24, 2.45) is 0 Å². The third-order valence-electron chi connectivity index (χ3n) is 4.37. The van der Waals surface area contributed by atoms with Crippen molar-refractivity contribution in [3.05, 3.63) is 59.4 Å². The summed E-state index contributed by atoms with van der Waals surface area (Å²) in [6.07, 6.45) is 6.99. The quantitative estimate of drug-likeness (QED) is 0.666. The lowest BCUT2D eigenvalue weighted by Gasteiger charge is -2.32. The molecule has 0 radical (unpaired) electrons. The molecule has 3 heterocycles. The van der Waals surface area contributed by atoms with E-state index in [1.165, 1.54) is 36.9 Å². The van der Waals surface area contributed by atoms with Crippen molar-refractivity contribution in [2.45, 2.75) is 18.9 Å². The van der Waals surface area contributed by atoms with Crippen LogP contribution < -0.4 is 4.74 Å². The van der Waals surface area contributed by atoms with E-state index in [1.54, 1.807) is 11.0 Å². The Balaban J connectivity index is 1.54. The number of ether oxygens (including phenoxy) is 1. The molecule has 0 aliphatic carbocycles. The molecule has 0 bridgehead atoms. The van der Waals surface area contributed by atoms with Crippen molar-refractivity contribution in [2.75, 3.05) is 13.1 Å². The van der Waals surface area contributed by atoms with Gasteiger partial charge in [0.05, 0.1) is 41.9 Å². The Labute approximate surface area is 164 Å². The number of rotatable bonds is 4. The summed E-state index contributed by atoms with van der Waals surface area (Å²) in [7, 11) is 0. The van der Waals surface area contributed by atoms with Crippen molar-refractivity contribution in [3.63, 3.8) is 0 Å². The predicted octanol–water partition coefficient (Wildman–Crippen LogP) is 2.53. The summed E-state index contributed by atoms with van der Waals surface area (Å²) in [4.78, 5) is 23.9. The van der Waals surface area contributed by atoms with Gasteiger partial charge >= 0.3 is 6.01 Å². The lowest BCUT2D eigenvalue weighted by molar-refractivity contribution is 0.0515. The molecule has 28 heavy (non-hydrogen) atoms. The number of halogens is 2. The molecule has 3 aromatic rings. The van der Waals surface area contributed by atoms with E-state index >= 15 is 0 Å². The minimum atomic E-state index is -0.568. The molecular formula is C18H16ClFN6O2. The molecule has 1 atom stereocenters. The second-order valence-electron chi connectivity index (χ2n) is 6.27. The van der Waals surface area contributed by atoms with E-state index in [2.05, 4.69) is 20.2 Å². The standard InChI is InChI=1S/C18H16ClFN6O2/c19-12-9-21-18(22-10-12)28-13-3-2-8-25(11-13)17(27)14-4-1-5-15(20)16(14)26-23-6-7-24-26/h1,4-7,9-10,13H,2-3,8,11H2. The van der Waals surface area contributed by atoms with Gasteiger partial charge in [-0.2, -0.15) is 10.2 Å². The van der Waals surface area contributed by atoms with Crippen molar-refractivity contribution in [1.82, 2.24) is 29.9 Å². The van der Waals surface area contributed by atoms with Gasteiger partial charge in [0.1, 0.15) is 11.8 Å². The number of piperidine rings is 1. The number of carbonyl (C=O) groups excluding carboxylic acids is 1. The Morgan fingerprint density at radius 3 is 2.71 bits per heavy atom. The highest BCUT2D eigenvalue weighted by Gasteiger charge is 2.29. The molecule has 0 N–H and O–H groups in total. The molecule has 0 saturated carbocycles. The van der Waals surface area contributed by atoms with Crippen molar-refractivity contribution in [1.29, 1.82) is 0 Å². The van der Waals surface area contributed by atoms with E-state index in [1.807, 2.05) is 0 Å². The van der Waals surface area contributed by atoms with Crippen LogP contribution in [0.1, 0.15) is 23.2 Å². The van der Waals surface area contributed by atoms with Crippen LogP contribution in [0, 0.1) is 5.82 Å². The predicted molar refractivity (Wildman–Crippen MR) is 97.9 cm³/mol. The van der Waals surface area contributed by atoms with E-state index in [-0.39, 0.29) is 29.3 Å². The molecular weight excluding hydrogens is 387 g/mol. The number of aromatic nitrogens is 5. The van der Waals surface area contributed by atoms with Gasteiger partial charge in [-0.25, -0.2) is 14.4 Å². The molecule has 144 valence electrons. The maximum absolute atomic E-state index is 14.4.